The molecule has 9 heteroatoms. The number of carbonyl (C=O) groups excluding carboxylic acids is 4. The molecule has 0 bridgehead atoms. The van der Waals surface area contributed by atoms with Gasteiger partial charge in [0.05, 0.1) is 23.3 Å². The molecule has 1 fully saturated rings. The smallest absolute Gasteiger partial charge is 0.217 e. The number of ketones is 3. The zero-order chi connectivity index (χ0) is 26.6. The van der Waals surface area contributed by atoms with Crippen molar-refractivity contribution in [3.63, 3.8) is 0 Å². The molecule has 1 heterocycles. The van der Waals surface area contributed by atoms with Crippen LogP contribution in [0.25, 0.3) is 0 Å². The Morgan fingerprint density at radius 3 is 2.57 bits per heavy atom. The van der Waals surface area contributed by atoms with Gasteiger partial charge in [-0.25, -0.2) is 0 Å². The SMILES string of the molecule is CCC1CC(=O)c2c(cc(O)c3c2C(=O)c2cccc(OC4CC(NC(C)=O)C(O)C(C)O4)c2C3=O)C1. The minimum atomic E-state index is -0.948. The van der Waals surface area contributed by atoms with E-state index in [1.54, 1.807) is 13.0 Å². The predicted molar refractivity (Wildman–Crippen MR) is 131 cm³/mol. The maximum Gasteiger partial charge on any atom is 0.217 e. The maximum absolute atomic E-state index is 13.7. The number of benzene rings is 2. The summed E-state index contributed by atoms with van der Waals surface area (Å²) in [6.07, 6.45) is -0.792. The molecule has 0 radical (unpaired) electrons. The van der Waals surface area contributed by atoms with E-state index in [0.29, 0.717) is 12.0 Å². The molecule has 2 aliphatic carbocycles. The van der Waals surface area contributed by atoms with Crippen molar-refractivity contribution in [2.24, 2.45) is 5.92 Å². The third-order valence-electron chi connectivity index (χ3n) is 7.53. The summed E-state index contributed by atoms with van der Waals surface area (Å²) in [5, 5.41) is 23.9. The van der Waals surface area contributed by atoms with E-state index in [2.05, 4.69) is 5.32 Å². The van der Waals surface area contributed by atoms with E-state index < -0.39 is 36.1 Å². The fourth-order valence-electron chi connectivity index (χ4n) is 5.68. The van der Waals surface area contributed by atoms with Gasteiger partial charge in [-0.2, -0.15) is 0 Å². The largest absolute Gasteiger partial charge is 0.507 e. The summed E-state index contributed by atoms with van der Waals surface area (Å²) in [4.78, 5) is 52.1. The minimum absolute atomic E-state index is 0.0246. The third kappa shape index (κ3) is 4.22. The molecule has 2 aromatic carbocycles. The molecule has 0 aromatic heterocycles. The average Bonchev–Trinajstić information content (AvgIpc) is 2.84. The first-order valence-corrected chi connectivity index (χ1v) is 12.5. The van der Waals surface area contributed by atoms with E-state index in [1.807, 2.05) is 6.92 Å². The van der Waals surface area contributed by atoms with Crippen LogP contribution in [0.1, 0.15) is 87.8 Å². The first kappa shape index (κ1) is 25.1. The number of ether oxygens (including phenoxy) is 2. The highest BCUT2D eigenvalue weighted by atomic mass is 16.7. The molecule has 2 aromatic rings. The van der Waals surface area contributed by atoms with Crippen molar-refractivity contribution < 1.29 is 38.9 Å². The van der Waals surface area contributed by atoms with E-state index >= 15 is 0 Å². The molecule has 1 saturated heterocycles. The average molecular weight is 508 g/mol. The van der Waals surface area contributed by atoms with Crippen LogP contribution in [0.5, 0.6) is 11.5 Å². The summed E-state index contributed by atoms with van der Waals surface area (Å²) < 4.78 is 11.8. The number of aromatic hydroxyl groups is 1. The number of nitrogens with one attached hydrogen (secondary N) is 1. The Morgan fingerprint density at radius 1 is 1.11 bits per heavy atom. The van der Waals surface area contributed by atoms with Gasteiger partial charge in [-0.1, -0.05) is 25.5 Å². The highest BCUT2D eigenvalue weighted by Gasteiger charge is 2.42. The molecule has 5 rings (SSSR count). The lowest BCUT2D eigenvalue weighted by atomic mass is 9.73. The molecule has 0 saturated carbocycles. The fourth-order valence-corrected chi connectivity index (χ4v) is 5.68. The molecule has 5 unspecified atom stereocenters. The van der Waals surface area contributed by atoms with Crippen LogP contribution >= 0.6 is 0 Å². The lowest BCUT2D eigenvalue weighted by molar-refractivity contribution is -0.191. The van der Waals surface area contributed by atoms with Gasteiger partial charge >= 0.3 is 0 Å². The first-order valence-electron chi connectivity index (χ1n) is 12.5. The quantitative estimate of drug-likeness (QED) is 0.490. The highest BCUT2D eigenvalue weighted by Crippen LogP contribution is 2.43. The van der Waals surface area contributed by atoms with Crippen molar-refractivity contribution in [3.8, 4) is 11.5 Å². The van der Waals surface area contributed by atoms with Gasteiger partial charge in [0, 0.05) is 36.5 Å². The van der Waals surface area contributed by atoms with Gasteiger partial charge in [0.15, 0.2) is 11.6 Å². The van der Waals surface area contributed by atoms with Crippen molar-refractivity contribution in [1.29, 1.82) is 0 Å². The molecular formula is C28H29NO8. The number of rotatable bonds is 4. The maximum atomic E-state index is 13.7. The summed E-state index contributed by atoms with van der Waals surface area (Å²) in [6, 6.07) is 5.39. The molecule has 37 heavy (non-hydrogen) atoms. The van der Waals surface area contributed by atoms with Gasteiger partial charge in [0.25, 0.3) is 0 Å². The van der Waals surface area contributed by atoms with E-state index in [4.69, 9.17) is 9.47 Å². The Hall–Kier alpha value is -3.56. The van der Waals surface area contributed by atoms with Gasteiger partial charge in [-0.3, -0.25) is 19.2 Å². The van der Waals surface area contributed by atoms with Crippen LogP contribution in [-0.2, 0) is 16.0 Å². The molecule has 9 nitrogen and oxygen atoms in total. The van der Waals surface area contributed by atoms with Crippen molar-refractivity contribution in [3.05, 3.63) is 57.6 Å². The molecule has 5 atom stereocenters. The molecule has 194 valence electrons. The molecule has 3 N–H and O–H groups in total. The van der Waals surface area contributed by atoms with E-state index in [0.717, 1.165) is 6.42 Å². The van der Waals surface area contributed by atoms with Crippen LogP contribution in [0.15, 0.2) is 24.3 Å². The second-order valence-corrected chi connectivity index (χ2v) is 10.0. The van der Waals surface area contributed by atoms with Crippen LogP contribution in [0.4, 0.5) is 0 Å². The Kier molecular flexibility index (Phi) is 6.37. The van der Waals surface area contributed by atoms with Gasteiger partial charge in [-0.15, -0.1) is 0 Å². The summed E-state index contributed by atoms with van der Waals surface area (Å²) >= 11 is 0. The summed E-state index contributed by atoms with van der Waals surface area (Å²) in [5.41, 5.74) is 0.632. The molecule has 1 aliphatic heterocycles. The monoisotopic (exact) mass is 507 g/mol. The van der Waals surface area contributed by atoms with Crippen molar-refractivity contribution in [1.82, 2.24) is 5.32 Å². The van der Waals surface area contributed by atoms with Crippen LogP contribution < -0.4 is 10.1 Å². The van der Waals surface area contributed by atoms with Crippen molar-refractivity contribution >= 4 is 23.3 Å². The van der Waals surface area contributed by atoms with Crippen LogP contribution in [0.2, 0.25) is 0 Å². The van der Waals surface area contributed by atoms with E-state index in [-0.39, 0.29) is 69.8 Å². The van der Waals surface area contributed by atoms with Crippen molar-refractivity contribution in [2.75, 3.05) is 0 Å². The number of aliphatic hydroxyl groups is 1. The minimum Gasteiger partial charge on any atom is -0.507 e. The van der Waals surface area contributed by atoms with Crippen LogP contribution in [0.3, 0.4) is 0 Å². The normalized spacial score (nSPS) is 26.7. The second kappa shape index (κ2) is 9.39. The van der Waals surface area contributed by atoms with Gasteiger partial charge in [0.1, 0.15) is 17.6 Å². The predicted octanol–water partition coefficient (Wildman–Crippen LogP) is 2.70. The standard InChI is InChI=1S/C28H29NO8/c1-4-14-8-15-10-19(32)24-25(22(15)18(31)9-14)27(34)16-6-5-7-20(23(16)28(24)35)37-21-11-17(29-13(3)30)26(33)12(2)36-21/h5-7,10,12,14,17,21,26,32-33H,4,8-9,11H2,1-3H3,(H,29,30). The number of amides is 1. The lowest BCUT2D eigenvalue weighted by Gasteiger charge is -2.38. The molecule has 3 aliphatic rings. The highest BCUT2D eigenvalue weighted by molar-refractivity contribution is 6.32. The van der Waals surface area contributed by atoms with Crippen LogP contribution in [-0.4, -0.2) is 58.0 Å². The second-order valence-electron chi connectivity index (χ2n) is 10.0. The molecule has 0 spiro atoms. The number of phenols is 1. The Morgan fingerprint density at radius 2 is 1.86 bits per heavy atom. The number of fused-ring (bicyclic) bond motifs is 4. The summed E-state index contributed by atoms with van der Waals surface area (Å²) in [5.74, 6) is -1.79. The summed E-state index contributed by atoms with van der Waals surface area (Å²) in [7, 11) is 0. The number of Topliss-reactive ketones (excluding diaryl/α,β-unsaturated/α-hetero) is 1. The number of aliphatic hydroxyl groups excluding tert-OH is 1. The van der Waals surface area contributed by atoms with Gasteiger partial charge in [0.2, 0.25) is 18.0 Å². The lowest BCUT2D eigenvalue weighted by Crippen LogP contribution is -2.55. The molecule has 1 amide bonds. The fraction of sp³-hybridized carbons (Fsp3) is 0.429. The topological polar surface area (TPSA) is 139 Å². The van der Waals surface area contributed by atoms with Gasteiger partial charge in [-0.05, 0) is 37.0 Å². The van der Waals surface area contributed by atoms with E-state index in [9.17, 15) is 29.4 Å². The van der Waals surface area contributed by atoms with Gasteiger partial charge < -0.3 is 25.0 Å². The zero-order valence-corrected chi connectivity index (χ0v) is 20.9. The Labute approximate surface area is 213 Å². The van der Waals surface area contributed by atoms with E-state index in [1.165, 1.54) is 25.1 Å². The number of carbonyl (C=O) groups is 4. The number of phenolic OH excluding ortho intramolecular Hbond substituents is 1. The zero-order valence-electron chi connectivity index (χ0n) is 20.9. The van der Waals surface area contributed by atoms with Crippen LogP contribution in [0, 0.1) is 5.92 Å². The third-order valence-corrected chi connectivity index (χ3v) is 7.53. The number of hydrogen-bond acceptors (Lipinski definition) is 8. The first-order chi connectivity index (χ1) is 17.6. The number of hydrogen-bond donors (Lipinski definition) is 3. The van der Waals surface area contributed by atoms with Crippen molar-refractivity contribution in [2.45, 2.75) is 71.0 Å². The summed E-state index contributed by atoms with van der Waals surface area (Å²) in [6.45, 7) is 4.97. The Balaban J connectivity index is 1.53. The Bertz CT molecular complexity index is 1330. The molecular weight excluding hydrogens is 478 g/mol.